The van der Waals surface area contributed by atoms with Crippen LogP contribution < -0.4 is 5.32 Å². The lowest BCUT2D eigenvalue weighted by atomic mass is 10.3. The summed E-state index contributed by atoms with van der Waals surface area (Å²) in [6.07, 6.45) is 1.82. The van der Waals surface area contributed by atoms with Crippen LogP contribution in [-0.4, -0.2) is 40.9 Å². The average Bonchev–Trinajstić information content (AvgIpc) is 2.63. The number of nitrogens with one attached hydrogen (secondary N) is 1. The fraction of sp³-hybridized carbons (Fsp3) is 0.400. The van der Waals surface area contributed by atoms with Gasteiger partial charge in [-0.1, -0.05) is 0 Å². The number of aromatic nitrogens is 1. The molecular formula is C10H13N3O2. The van der Waals surface area contributed by atoms with E-state index in [4.69, 9.17) is 0 Å². The summed E-state index contributed by atoms with van der Waals surface area (Å²) in [5.74, 6) is -0.179. The molecule has 0 unspecified atom stereocenters. The molecule has 2 amide bonds. The van der Waals surface area contributed by atoms with Crippen molar-refractivity contribution in [1.29, 1.82) is 0 Å². The SMILES string of the molecule is Cn1cccc1C(=O)N1CCNC(=O)C1. The van der Waals surface area contributed by atoms with Crippen LogP contribution in [0.5, 0.6) is 0 Å². The van der Waals surface area contributed by atoms with Crippen molar-refractivity contribution in [1.82, 2.24) is 14.8 Å². The Balaban J connectivity index is 2.14. The molecule has 0 spiro atoms. The molecule has 5 heteroatoms. The quantitative estimate of drug-likeness (QED) is 0.681. The molecule has 80 valence electrons. The molecule has 1 N–H and O–H groups in total. The maximum Gasteiger partial charge on any atom is 0.270 e. The molecule has 1 fully saturated rings. The summed E-state index contributed by atoms with van der Waals surface area (Å²) in [5.41, 5.74) is 0.615. The Morgan fingerprint density at radius 2 is 2.33 bits per heavy atom. The van der Waals surface area contributed by atoms with Crippen molar-refractivity contribution in [2.24, 2.45) is 7.05 Å². The minimum absolute atomic E-state index is 0.0858. The predicted molar refractivity (Wildman–Crippen MR) is 54.3 cm³/mol. The molecule has 0 aliphatic carbocycles. The van der Waals surface area contributed by atoms with E-state index < -0.39 is 0 Å². The van der Waals surface area contributed by atoms with Crippen molar-refractivity contribution in [3.63, 3.8) is 0 Å². The molecule has 0 aromatic carbocycles. The largest absolute Gasteiger partial charge is 0.353 e. The average molecular weight is 207 g/mol. The number of hydrogen-bond acceptors (Lipinski definition) is 2. The summed E-state index contributed by atoms with van der Waals surface area (Å²) < 4.78 is 1.76. The van der Waals surface area contributed by atoms with Crippen LogP contribution >= 0.6 is 0 Å². The summed E-state index contributed by atoms with van der Waals surface area (Å²) >= 11 is 0. The van der Waals surface area contributed by atoms with Gasteiger partial charge in [0.1, 0.15) is 5.69 Å². The molecule has 15 heavy (non-hydrogen) atoms. The first-order valence-electron chi connectivity index (χ1n) is 4.86. The van der Waals surface area contributed by atoms with Crippen LogP contribution in [0.25, 0.3) is 0 Å². The zero-order valence-electron chi connectivity index (χ0n) is 8.56. The van der Waals surface area contributed by atoms with Gasteiger partial charge in [0.15, 0.2) is 0 Å². The zero-order valence-corrected chi connectivity index (χ0v) is 8.56. The van der Waals surface area contributed by atoms with Gasteiger partial charge in [-0.2, -0.15) is 0 Å². The number of carbonyl (C=O) groups excluding carboxylic acids is 2. The fourth-order valence-corrected chi connectivity index (χ4v) is 1.66. The third-order valence-electron chi connectivity index (χ3n) is 2.49. The lowest BCUT2D eigenvalue weighted by Gasteiger charge is -2.26. The van der Waals surface area contributed by atoms with E-state index in [-0.39, 0.29) is 18.4 Å². The van der Waals surface area contributed by atoms with Gasteiger partial charge in [-0.3, -0.25) is 9.59 Å². The topological polar surface area (TPSA) is 54.3 Å². The first-order chi connectivity index (χ1) is 7.18. The van der Waals surface area contributed by atoms with Gasteiger partial charge < -0.3 is 14.8 Å². The minimum atomic E-state index is -0.0937. The normalized spacial score (nSPS) is 16.3. The molecule has 0 radical (unpaired) electrons. The Morgan fingerprint density at radius 1 is 1.53 bits per heavy atom. The number of rotatable bonds is 1. The Morgan fingerprint density at radius 3 is 2.93 bits per heavy atom. The highest BCUT2D eigenvalue weighted by molar-refractivity contribution is 5.95. The Hall–Kier alpha value is -1.78. The third-order valence-corrected chi connectivity index (χ3v) is 2.49. The zero-order chi connectivity index (χ0) is 10.8. The fourth-order valence-electron chi connectivity index (χ4n) is 1.66. The van der Waals surface area contributed by atoms with Gasteiger partial charge in [0.25, 0.3) is 5.91 Å². The summed E-state index contributed by atoms with van der Waals surface area (Å²) in [6.45, 7) is 1.27. The van der Waals surface area contributed by atoms with Crippen molar-refractivity contribution in [2.45, 2.75) is 0 Å². The van der Waals surface area contributed by atoms with E-state index in [1.54, 1.807) is 15.5 Å². The van der Waals surface area contributed by atoms with E-state index in [0.717, 1.165) is 0 Å². The van der Waals surface area contributed by atoms with E-state index in [1.165, 1.54) is 0 Å². The second kappa shape index (κ2) is 3.76. The maximum atomic E-state index is 12.0. The molecule has 1 aliphatic heterocycles. The first-order valence-corrected chi connectivity index (χ1v) is 4.86. The summed E-state index contributed by atoms with van der Waals surface area (Å²) in [4.78, 5) is 24.6. The third kappa shape index (κ3) is 1.86. The molecule has 2 heterocycles. The van der Waals surface area contributed by atoms with Crippen LogP contribution in [0.3, 0.4) is 0 Å². The number of nitrogens with zero attached hydrogens (tertiary/aromatic N) is 2. The highest BCUT2D eigenvalue weighted by Crippen LogP contribution is 2.06. The minimum Gasteiger partial charge on any atom is -0.353 e. The maximum absolute atomic E-state index is 12.0. The van der Waals surface area contributed by atoms with Crippen LogP contribution in [0.2, 0.25) is 0 Å². The second-order valence-electron chi connectivity index (χ2n) is 3.58. The molecule has 2 rings (SSSR count). The van der Waals surface area contributed by atoms with Gasteiger partial charge in [0, 0.05) is 26.3 Å². The van der Waals surface area contributed by atoms with E-state index in [2.05, 4.69) is 5.32 Å². The van der Waals surface area contributed by atoms with Crippen LogP contribution in [0.4, 0.5) is 0 Å². The summed E-state index contributed by atoms with van der Waals surface area (Å²) in [7, 11) is 1.82. The van der Waals surface area contributed by atoms with Crippen molar-refractivity contribution in [2.75, 3.05) is 19.6 Å². The van der Waals surface area contributed by atoms with Crippen molar-refractivity contribution in [3.05, 3.63) is 24.0 Å². The second-order valence-corrected chi connectivity index (χ2v) is 3.58. The van der Waals surface area contributed by atoms with E-state index in [1.807, 2.05) is 19.3 Å². The van der Waals surface area contributed by atoms with Crippen molar-refractivity contribution in [3.8, 4) is 0 Å². The van der Waals surface area contributed by atoms with Crippen LogP contribution in [0.1, 0.15) is 10.5 Å². The first kappa shape index (κ1) is 9.76. The highest BCUT2D eigenvalue weighted by atomic mass is 16.2. The molecule has 0 atom stereocenters. The summed E-state index contributed by atoms with van der Waals surface area (Å²) in [5, 5.41) is 2.69. The van der Waals surface area contributed by atoms with Gasteiger partial charge in [0.05, 0.1) is 6.54 Å². The van der Waals surface area contributed by atoms with E-state index in [9.17, 15) is 9.59 Å². The number of aryl methyl sites for hydroxylation is 1. The van der Waals surface area contributed by atoms with Crippen molar-refractivity contribution < 1.29 is 9.59 Å². The number of hydrogen-bond donors (Lipinski definition) is 1. The predicted octanol–water partition coefficient (Wildman–Crippen LogP) is -0.403. The highest BCUT2D eigenvalue weighted by Gasteiger charge is 2.23. The smallest absolute Gasteiger partial charge is 0.270 e. The molecule has 5 nitrogen and oxygen atoms in total. The standard InChI is InChI=1S/C10H13N3O2/c1-12-5-2-3-8(12)10(15)13-6-4-11-9(14)7-13/h2-3,5H,4,6-7H2,1H3,(H,11,14). The van der Waals surface area contributed by atoms with E-state index in [0.29, 0.717) is 18.8 Å². The molecular weight excluding hydrogens is 194 g/mol. The summed E-state index contributed by atoms with van der Waals surface area (Å²) in [6, 6.07) is 3.58. The van der Waals surface area contributed by atoms with Crippen molar-refractivity contribution >= 4 is 11.8 Å². The van der Waals surface area contributed by atoms with Gasteiger partial charge in [-0.15, -0.1) is 0 Å². The molecule has 0 saturated carbocycles. The van der Waals surface area contributed by atoms with E-state index >= 15 is 0 Å². The Bertz CT molecular complexity index is 397. The lowest BCUT2D eigenvalue weighted by molar-refractivity contribution is -0.123. The Labute approximate surface area is 87.7 Å². The monoisotopic (exact) mass is 207 g/mol. The van der Waals surface area contributed by atoms with Gasteiger partial charge in [-0.05, 0) is 12.1 Å². The van der Waals surface area contributed by atoms with Gasteiger partial charge >= 0.3 is 0 Å². The molecule has 1 aromatic rings. The molecule has 0 bridgehead atoms. The molecule has 1 aliphatic rings. The lowest BCUT2D eigenvalue weighted by Crippen LogP contribution is -2.50. The van der Waals surface area contributed by atoms with Gasteiger partial charge in [-0.25, -0.2) is 0 Å². The Kier molecular flexibility index (Phi) is 2.45. The molecule has 1 saturated heterocycles. The number of carbonyl (C=O) groups is 2. The number of amides is 2. The van der Waals surface area contributed by atoms with Crippen LogP contribution in [-0.2, 0) is 11.8 Å². The number of piperazine rings is 1. The van der Waals surface area contributed by atoms with Crippen LogP contribution in [0, 0.1) is 0 Å². The van der Waals surface area contributed by atoms with Crippen LogP contribution in [0.15, 0.2) is 18.3 Å². The molecule has 1 aromatic heterocycles. The van der Waals surface area contributed by atoms with Gasteiger partial charge in [0.2, 0.25) is 5.91 Å².